The summed E-state index contributed by atoms with van der Waals surface area (Å²) in [6.07, 6.45) is 5.90. The van der Waals surface area contributed by atoms with E-state index in [1.165, 1.54) is 24.9 Å². The average Bonchev–Trinajstić information content (AvgIpc) is 3.64. The molecule has 0 radical (unpaired) electrons. The van der Waals surface area contributed by atoms with Crippen LogP contribution >= 0.6 is 0 Å². The van der Waals surface area contributed by atoms with E-state index in [4.69, 9.17) is 14.5 Å². The number of hydrogen-bond donors (Lipinski definition) is 1. The smallest absolute Gasteiger partial charge is 0.286 e. The van der Waals surface area contributed by atoms with Gasteiger partial charge in [0, 0.05) is 42.5 Å². The van der Waals surface area contributed by atoms with Crippen molar-refractivity contribution in [1.82, 2.24) is 28.5 Å². The lowest BCUT2D eigenvalue weighted by Gasteiger charge is -2.04. The van der Waals surface area contributed by atoms with Crippen LogP contribution in [0.1, 0.15) is 5.69 Å². The van der Waals surface area contributed by atoms with Crippen molar-refractivity contribution in [3.63, 3.8) is 0 Å². The lowest BCUT2D eigenvalue weighted by Crippen LogP contribution is -2.11. The van der Waals surface area contributed by atoms with Crippen LogP contribution in [-0.2, 0) is 17.1 Å². The fraction of sp³-hybridized carbons (Fsp3) is 0.125. The molecule has 0 amide bonds. The van der Waals surface area contributed by atoms with Gasteiger partial charge in [0.2, 0.25) is 6.79 Å². The minimum absolute atomic E-state index is 0.0349. The molecule has 5 heterocycles. The van der Waals surface area contributed by atoms with E-state index in [0.29, 0.717) is 34.3 Å². The fourth-order valence-corrected chi connectivity index (χ4v) is 5.10. The highest BCUT2D eigenvalue weighted by Gasteiger charge is 2.23. The summed E-state index contributed by atoms with van der Waals surface area (Å²) in [6, 6.07) is 13.1. The van der Waals surface area contributed by atoms with Crippen LogP contribution in [0.15, 0.2) is 72.4 Å². The highest BCUT2D eigenvalue weighted by atomic mass is 32.2. The first-order valence-electron chi connectivity index (χ1n) is 10.7. The second-order valence-electron chi connectivity index (χ2n) is 8.15. The van der Waals surface area contributed by atoms with Gasteiger partial charge >= 0.3 is 0 Å². The molecule has 5 aromatic rings. The highest BCUT2D eigenvalue weighted by Crippen LogP contribution is 2.39. The maximum atomic E-state index is 13.0. The number of aromatic amines is 1. The number of aromatic nitrogens is 6. The Morgan fingerprint density at radius 1 is 1.00 bits per heavy atom. The summed E-state index contributed by atoms with van der Waals surface area (Å²) < 4.78 is 39.7. The molecule has 4 aromatic heterocycles. The minimum Gasteiger partial charge on any atom is -0.454 e. The van der Waals surface area contributed by atoms with Gasteiger partial charge in [0.25, 0.3) is 10.0 Å². The SMILES string of the molecule is Cc1cccc(-c2[nH]c(-c3ccn(S(=O)(=O)c4cn(C)cn4)c3)nc2-c2ccc3c(c2)OCO3)n1. The van der Waals surface area contributed by atoms with Crippen LogP contribution in [-0.4, -0.2) is 43.7 Å². The van der Waals surface area contributed by atoms with Crippen molar-refractivity contribution in [3.8, 4) is 45.5 Å². The number of nitrogens with zero attached hydrogens (tertiary/aromatic N) is 5. The molecule has 1 aromatic carbocycles. The van der Waals surface area contributed by atoms with Crippen LogP contribution in [0.25, 0.3) is 34.0 Å². The average molecular weight is 489 g/mol. The Hall–Kier alpha value is -4.38. The molecule has 0 atom stereocenters. The summed E-state index contributed by atoms with van der Waals surface area (Å²) in [5, 5.41) is -0.0349. The molecule has 176 valence electrons. The number of hydrogen-bond acceptors (Lipinski definition) is 7. The summed E-state index contributed by atoms with van der Waals surface area (Å²) in [5.41, 5.74) is 4.38. The van der Waals surface area contributed by atoms with Gasteiger partial charge in [-0.1, -0.05) is 6.07 Å². The van der Waals surface area contributed by atoms with E-state index in [0.717, 1.165) is 20.9 Å². The topological polar surface area (TPSA) is 117 Å². The van der Waals surface area contributed by atoms with E-state index in [1.54, 1.807) is 17.7 Å². The van der Waals surface area contributed by atoms with Gasteiger partial charge in [0.05, 0.1) is 23.4 Å². The maximum absolute atomic E-state index is 13.0. The van der Waals surface area contributed by atoms with Gasteiger partial charge in [-0.25, -0.2) is 13.9 Å². The third-order valence-electron chi connectivity index (χ3n) is 5.66. The summed E-state index contributed by atoms with van der Waals surface area (Å²) in [6.45, 7) is 2.10. The number of fused-ring (bicyclic) bond motifs is 1. The third kappa shape index (κ3) is 3.66. The monoisotopic (exact) mass is 488 g/mol. The van der Waals surface area contributed by atoms with Crippen molar-refractivity contribution in [2.75, 3.05) is 6.79 Å². The van der Waals surface area contributed by atoms with Crippen molar-refractivity contribution < 1.29 is 17.9 Å². The van der Waals surface area contributed by atoms with E-state index in [-0.39, 0.29) is 11.8 Å². The number of pyridine rings is 1. The second-order valence-corrected chi connectivity index (χ2v) is 9.94. The van der Waals surface area contributed by atoms with Crippen LogP contribution in [0.5, 0.6) is 11.5 Å². The molecule has 0 fully saturated rings. The first kappa shape index (κ1) is 21.2. The molecule has 1 aliphatic rings. The first-order chi connectivity index (χ1) is 16.9. The third-order valence-corrected chi connectivity index (χ3v) is 7.18. The number of nitrogens with one attached hydrogen (secondary N) is 1. The normalized spacial score (nSPS) is 12.9. The van der Waals surface area contributed by atoms with Crippen molar-refractivity contribution in [2.24, 2.45) is 7.05 Å². The van der Waals surface area contributed by atoms with Crippen LogP contribution in [0.2, 0.25) is 0 Å². The minimum atomic E-state index is -3.83. The summed E-state index contributed by atoms with van der Waals surface area (Å²) in [7, 11) is -2.11. The molecule has 1 N–H and O–H groups in total. The zero-order valence-corrected chi connectivity index (χ0v) is 19.7. The number of ether oxygens (including phenoxy) is 2. The second kappa shape index (κ2) is 7.84. The molecule has 35 heavy (non-hydrogen) atoms. The van der Waals surface area contributed by atoms with Gasteiger partial charge in [0.1, 0.15) is 5.82 Å². The lowest BCUT2D eigenvalue weighted by molar-refractivity contribution is 0.174. The van der Waals surface area contributed by atoms with Crippen LogP contribution in [0.4, 0.5) is 0 Å². The van der Waals surface area contributed by atoms with Gasteiger partial charge in [0.15, 0.2) is 16.5 Å². The molecule has 1 aliphatic heterocycles. The van der Waals surface area contributed by atoms with E-state index in [2.05, 4.69) is 15.0 Å². The van der Waals surface area contributed by atoms with Crippen molar-refractivity contribution in [1.29, 1.82) is 0 Å². The van der Waals surface area contributed by atoms with Gasteiger partial charge in [-0.2, -0.15) is 8.42 Å². The fourth-order valence-electron chi connectivity index (χ4n) is 3.93. The van der Waals surface area contributed by atoms with E-state index in [1.807, 2.05) is 43.3 Å². The predicted octanol–water partition coefficient (Wildman–Crippen LogP) is 3.61. The summed E-state index contributed by atoms with van der Waals surface area (Å²) >= 11 is 0. The Labute approximate surface area is 200 Å². The van der Waals surface area contributed by atoms with Crippen molar-refractivity contribution in [2.45, 2.75) is 11.9 Å². The van der Waals surface area contributed by atoms with E-state index in [9.17, 15) is 8.42 Å². The van der Waals surface area contributed by atoms with Gasteiger partial charge in [-0.05, 0) is 43.3 Å². The number of aryl methyl sites for hydroxylation is 2. The van der Waals surface area contributed by atoms with Crippen LogP contribution in [0, 0.1) is 6.92 Å². The Bertz CT molecular complexity index is 1680. The first-order valence-corrected chi connectivity index (χ1v) is 12.2. The Balaban J connectivity index is 1.46. The Morgan fingerprint density at radius 3 is 2.66 bits per heavy atom. The largest absolute Gasteiger partial charge is 0.454 e. The zero-order chi connectivity index (χ0) is 24.2. The molecule has 0 unspecified atom stereocenters. The molecule has 0 saturated heterocycles. The molecule has 6 rings (SSSR count). The van der Waals surface area contributed by atoms with Crippen LogP contribution in [0.3, 0.4) is 0 Å². The number of H-pyrrole nitrogens is 1. The molecule has 0 bridgehead atoms. The van der Waals surface area contributed by atoms with Crippen molar-refractivity contribution in [3.05, 3.63) is 73.1 Å². The molecule has 0 saturated carbocycles. The van der Waals surface area contributed by atoms with E-state index < -0.39 is 10.0 Å². The van der Waals surface area contributed by atoms with Gasteiger partial charge in [-0.3, -0.25) is 4.98 Å². The molecule has 10 nitrogen and oxygen atoms in total. The summed E-state index contributed by atoms with van der Waals surface area (Å²) in [5.74, 6) is 1.82. The number of imidazole rings is 2. The van der Waals surface area contributed by atoms with Gasteiger partial charge in [-0.15, -0.1) is 0 Å². The standard InChI is InChI=1S/C24H20N6O4S/c1-15-4-3-5-18(26-15)23-22(16-6-7-19-20(10-16)34-14-33-19)27-24(28-23)17-8-9-30(11-17)35(31,32)21-12-29(2)13-25-21/h3-13H,14H2,1-2H3,(H,27,28). The van der Waals surface area contributed by atoms with Gasteiger partial charge < -0.3 is 19.0 Å². The zero-order valence-electron chi connectivity index (χ0n) is 18.8. The molecule has 11 heteroatoms. The molecule has 0 aliphatic carbocycles. The number of rotatable bonds is 5. The molecular weight excluding hydrogens is 468 g/mol. The maximum Gasteiger partial charge on any atom is 0.286 e. The predicted molar refractivity (Wildman–Crippen MR) is 127 cm³/mol. The highest BCUT2D eigenvalue weighted by molar-refractivity contribution is 7.89. The van der Waals surface area contributed by atoms with Crippen LogP contribution < -0.4 is 9.47 Å². The Kier molecular flexibility index (Phi) is 4.74. The summed E-state index contributed by atoms with van der Waals surface area (Å²) in [4.78, 5) is 16.8. The molecular formula is C24H20N6O4S. The lowest BCUT2D eigenvalue weighted by atomic mass is 10.1. The van der Waals surface area contributed by atoms with Crippen molar-refractivity contribution >= 4 is 10.0 Å². The quantitative estimate of drug-likeness (QED) is 0.402. The Morgan fingerprint density at radius 2 is 1.86 bits per heavy atom. The number of benzene rings is 1. The van der Waals surface area contributed by atoms with E-state index >= 15 is 0 Å². The molecule has 0 spiro atoms.